The van der Waals surface area contributed by atoms with Gasteiger partial charge in [-0.25, -0.2) is 4.79 Å². The topological polar surface area (TPSA) is 124 Å². The molecule has 0 aliphatic carbocycles. The summed E-state index contributed by atoms with van der Waals surface area (Å²) in [4.78, 5) is 36.0. The summed E-state index contributed by atoms with van der Waals surface area (Å²) in [5.74, 6) is -1.18. The molecule has 0 atom stereocenters. The van der Waals surface area contributed by atoms with Crippen LogP contribution in [0.4, 0.5) is 4.79 Å². The predicted octanol–water partition coefficient (Wildman–Crippen LogP) is 1.02. The fourth-order valence-electron chi connectivity index (χ4n) is 1.23. The number of rotatable bonds is 2. The quantitative estimate of drug-likeness (QED) is 0.366. The van der Waals surface area contributed by atoms with Gasteiger partial charge in [-0.05, 0) is 32.9 Å². The second kappa shape index (κ2) is 6.00. The Morgan fingerprint density at radius 1 is 1.30 bits per heavy atom. The maximum Gasteiger partial charge on any atom is 0.414 e. The molecule has 1 heterocycles. The van der Waals surface area contributed by atoms with Crippen LogP contribution in [0.15, 0.2) is 12.1 Å². The van der Waals surface area contributed by atoms with Crippen molar-refractivity contribution in [3.63, 3.8) is 0 Å². The summed E-state index contributed by atoms with van der Waals surface area (Å²) < 4.78 is 4.92. The molecule has 0 aliphatic heterocycles. The summed E-state index contributed by atoms with van der Waals surface area (Å²) in [5, 5.41) is 11.6. The minimum Gasteiger partial charge on any atom is -0.444 e. The van der Waals surface area contributed by atoms with Crippen molar-refractivity contribution in [1.82, 2.24) is 15.6 Å². The summed E-state index contributed by atoms with van der Waals surface area (Å²) >= 11 is 0. The van der Waals surface area contributed by atoms with Gasteiger partial charge in [0.1, 0.15) is 11.3 Å². The van der Waals surface area contributed by atoms with Crippen LogP contribution in [0, 0.1) is 5.41 Å². The smallest absolute Gasteiger partial charge is 0.414 e. The number of ether oxygens (including phenoxy) is 1. The highest BCUT2D eigenvalue weighted by Crippen LogP contribution is 2.06. The number of amides is 2. The molecule has 1 rings (SSSR count). The molecular formula is C12H16N4O4. The van der Waals surface area contributed by atoms with Gasteiger partial charge in [0.05, 0.1) is 5.69 Å². The molecule has 1 aromatic heterocycles. The lowest BCUT2D eigenvalue weighted by Crippen LogP contribution is -2.45. The minimum absolute atomic E-state index is 0.0999. The van der Waals surface area contributed by atoms with Gasteiger partial charge < -0.3 is 9.72 Å². The summed E-state index contributed by atoms with van der Waals surface area (Å²) in [6.45, 7) is 5.03. The fraction of sp³-hybridized carbons (Fsp3) is 0.333. The maximum absolute atomic E-state index is 11.7. The van der Waals surface area contributed by atoms with Crippen molar-refractivity contribution in [3.05, 3.63) is 23.5 Å². The van der Waals surface area contributed by atoms with Crippen LogP contribution in [0.5, 0.6) is 0 Å². The number of H-pyrrole nitrogens is 1. The van der Waals surface area contributed by atoms with E-state index < -0.39 is 23.6 Å². The summed E-state index contributed by atoms with van der Waals surface area (Å²) in [6, 6.07) is 2.81. The van der Waals surface area contributed by atoms with Gasteiger partial charge in [0.2, 0.25) is 5.96 Å². The van der Waals surface area contributed by atoms with Gasteiger partial charge >= 0.3 is 6.09 Å². The molecule has 20 heavy (non-hydrogen) atoms. The molecule has 0 saturated heterocycles. The minimum atomic E-state index is -0.845. The number of guanidine groups is 1. The zero-order chi connectivity index (χ0) is 15.3. The summed E-state index contributed by atoms with van der Waals surface area (Å²) in [6.07, 6.45) is -0.288. The second-order valence-corrected chi connectivity index (χ2v) is 4.90. The van der Waals surface area contributed by atoms with E-state index in [4.69, 9.17) is 10.1 Å². The Morgan fingerprint density at radius 2 is 1.95 bits per heavy atom. The van der Waals surface area contributed by atoms with Crippen LogP contribution < -0.4 is 10.6 Å². The lowest BCUT2D eigenvalue weighted by Gasteiger charge is -2.19. The van der Waals surface area contributed by atoms with Crippen LogP contribution in [-0.2, 0) is 4.74 Å². The van der Waals surface area contributed by atoms with E-state index in [2.05, 4.69) is 15.6 Å². The Bertz CT molecular complexity index is 542. The number of carbonyl (C=O) groups is 3. The van der Waals surface area contributed by atoms with Crippen molar-refractivity contribution in [2.24, 2.45) is 0 Å². The average Bonchev–Trinajstić information content (AvgIpc) is 2.73. The number of hydrogen-bond acceptors (Lipinski definition) is 5. The fourth-order valence-corrected chi connectivity index (χ4v) is 1.23. The van der Waals surface area contributed by atoms with Crippen LogP contribution in [0.25, 0.3) is 0 Å². The SMILES string of the molecule is CC(C)(C)OC(=O)NC(=N)NC(=O)c1ccc(C=O)[nH]1. The van der Waals surface area contributed by atoms with Gasteiger partial charge in [-0.2, -0.15) is 0 Å². The van der Waals surface area contributed by atoms with E-state index in [1.165, 1.54) is 12.1 Å². The third-order valence-electron chi connectivity index (χ3n) is 1.94. The molecular weight excluding hydrogens is 264 g/mol. The van der Waals surface area contributed by atoms with Crippen molar-refractivity contribution >= 4 is 24.2 Å². The zero-order valence-corrected chi connectivity index (χ0v) is 11.4. The Morgan fingerprint density at radius 3 is 2.45 bits per heavy atom. The van der Waals surface area contributed by atoms with Gasteiger partial charge in [-0.3, -0.25) is 25.6 Å². The van der Waals surface area contributed by atoms with Gasteiger partial charge in [0.25, 0.3) is 5.91 Å². The third kappa shape index (κ3) is 4.92. The van der Waals surface area contributed by atoms with E-state index in [9.17, 15) is 14.4 Å². The number of hydrogen-bond donors (Lipinski definition) is 4. The predicted molar refractivity (Wildman–Crippen MR) is 70.7 cm³/mol. The molecule has 4 N–H and O–H groups in total. The lowest BCUT2D eigenvalue weighted by molar-refractivity contribution is 0.0561. The first kappa shape index (κ1) is 15.4. The van der Waals surface area contributed by atoms with E-state index >= 15 is 0 Å². The van der Waals surface area contributed by atoms with Crippen LogP contribution in [0.2, 0.25) is 0 Å². The molecule has 8 heteroatoms. The number of aromatic nitrogens is 1. The number of nitrogens with one attached hydrogen (secondary N) is 4. The number of carbonyl (C=O) groups excluding carboxylic acids is 3. The highest BCUT2D eigenvalue weighted by molar-refractivity contribution is 6.07. The highest BCUT2D eigenvalue weighted by atomic mass is 16.6. The molecule has 0 fully saturated rings. The Labute approximate surface area is 115 Å². The molecule has 0 saturated carbocycles. The number of aldehydes is 1. The molecule has 0 aliphatic rings. The molecule has 0 spiro atoms. The van der Waals surface area contributed by atoms with Crippen LogP contribution in [0.1, 0.15) is 41.7 Å². The molecule has 0 unspecified atom stereocenters. The van der Waals surface area contributed by atoms with Crippen molar-refractivity contribution in [1.29, 1.82) is 5.41 Å². The normalized spacial score (nSPS) is 10.6. The lowest BCUT2D eigenvalue weighted by atomic mass is 10.2. The second-order valence-electron chi connectivity index (χ2n) is 4.90. The van der Waals surface area contributed by atoms with Crippen molar-refractivity contribution in [2.75, 3.05) is 0 Å². The summed E-state index contributed by atoms with van der Waals surface area (Å²) in [5.41, 5.74) is -0.364. The molecule has 8 nitrogen and oxygen atoms in total. The molecule has 1 aromatic rings. The Balaban J connectivity index is 2.52. The first-order chi connectivity index (χ1) is 9.21. The van der Waals surface area contributed by atoms with Gasteiger partial charge in [-0.1, -0.05) is 0 Å². The van der Waals surface area contributed by atoms with Gasteiger partial charge in [0.15, 0.2) is 6.29 Å². The first-order valence-corrected chi connectivity index (χ1v) is 5.75. The van der Waals surface area contributed by atoms with E-state index in [0.29, 0.717) is 6.29 Å². The number of alkyl carbamates (subject to hydrolysis) is 1. The summed E-state index contributed by atoms with van der Waals surface area (Å²) in [7, 11) is 0. The standard InChI is InChI=1S/C12H16N4O4/c1-12(2,3)20-11(19)16-10(13)15-9(18)8-5-4-7(6-17)14-8/h4-6,14H,1-3H3,(H3,13,15,16,18,19). The van der Waals surface area contributed by atoms with E-state index in [-0.39, 0.29) is 11.4 Å². The molecule has 0 aromatic carbocycles. The van der Waals surface area contributed by atoms with E-state index in [1.54, 1.807) is 20.8 Å². The Kier molecular flexibility index (Phi) is 4.63. The third-order valence-corrected chi connectivity index (χ3v) is 1.94. The van der Waals surface area contributed by atoms with Crippen molar-refractivity contribution in [2.45, 2.75) is 26.4 Å². The molecule has 0 radical (unpaired) electrons. The largest absolute Gasteiger partial charge is 0.444 e. The molecule has 2 amide bonds. The van der Waals surface area contributed by atoms with E-state index in [1.807, 2.05) is 0 Å². The molecule has 0 bridgehead atoms. The average molecular weight is 280 g/mol. The van der Waals surface area contributed by atoms with Crippen LogP contribution in [-0.4, -0.2) is 34.8 Å². The van der Waals surface area contributed by atoms with Gasteiger partial charge in [-0.15, -0.1) is 0 Å². The number of aromatic amines is 1. The highest BCUT2D eigenvalue weighted by Gasteiger charge is 2.18. The Hall–Kier alpha value is -2.64. The van der Waals surface area contributed by atoms with Crippen LogP contribution in [0.3, 0.4) is 0 Å². The molecule has 108 valence electrons. The maximum atomic E-state index is 11.7. The monoisotopic (exact) mass is 280 g/mol. The first-order valence-electron chi connectivity index (χ1n) is 5.75. The zero-order valence-electron chi connectivity index (χ0n) is 11.4. The van der Waals surface area contributed by atoms with Crippen molar-refractivity contribution < 1.29 is 19.1 Å². The van der Waals surface area contributed by atoms with E-state index in [0.717, 1.165) is 0 Å². The van der Waals surface area contributed by atoms with Crippen molar-refractivity contribution in [3.8, 4) is 0 Å². The van der Waals surface area contributed by atoms with Crippen LogP contribution >= 0.6 is 0 Å². The van der Waals surface area contributed by atoms with Gasteiger partial charge in [0, 0.05) is 0 Å².